The van der Waals surface area contributed by atoms with Crippen molar-refractivity contribution in [3.05, 3.63) is 76.2 Å². The summed E-state index contributed by atoms with van der Waals surface area (Å²) in [5.74, 6) is 0.809. The molecular weight excluding hydrogens is 426 g/mol. The molecule has 2 aromatic carbocycles. The summed E-state index contributed by atoms with van der Waals surface area (Å²) in [6.07, 6.45) is 2.80. The lowest BCUT2D eigenvalue weighted by Gasteiger charge is -2.10. The zero-order chi connectivity index (χ0) is 22.3. The van der Waals surface area contributed by atoms with E-state index < -0.39 is 0 Å². The van der Waals surface area contributed by atoms with Gasteiger partial charge in [-0.1, -0.05) is 18.2 Å². The number of fused-ring (bicyclic) bond motifs is 1. The highest BCUT2D eigenvalue weighted by molar-refractivity contribution is 7.17. The molecule has 1 amide bonds. The summed E-state index contributed by atoms with van der Waals surface area (Å²) in [6, 6.07) is 16.5. The van der Waals surface area contributed by atoms with Crippen LogP contribution < -0.4 is 14.8 Å². The first kappa shape index (κ1) is 21.9. The fourth-order valence-electron chi connectivity index (χ4n) is 3.63. The Hall–Kier alpha value is -3.32. The first-order chi connectivity index (χ1) is 15.7. The Morgan fingerprint density at radius 1 is 0.938 bits per heavy atom. The van der Waals surface area contributed by atoms with Crippen LogP contribution in [-0.4, -0.2) is 31.7 Å². The van der Waals surface area contributed by atoms with Crippen molar-refractivity contribution >= 4 is 28.2 Å². The van der Waals surface area contributed by atoms with E-state index in [0.717, 1.165) is 35.5 Å². The lowest BCUT2D eigenvalue weighted by molar-refractivity contribution is 0.0527. The number of thiophene rings is 1. The fraction of sp³-hybridized carbons (Fsp3) is 0.280. The third-order valence-corrected chi connectivity index (χ3v) is 6.32. The van der Waals surface area contributed by atoms with Gasteiger partial charge in [0.2, 0.25) is 0 Å². The molecule has 0 saturated heterocycles. The van der Waals surface area contributed by atoms with Gasteiger partial charge in [0.05, 0.1) is 12.2 Å². The van der Waals surface area contributed by atoms with Gasteiger partial charge >= 0.3 is 5.97 Å². The lowest BCUT2D eigenvalue weighted by atomic mass is 10.1. The van der Waals surface area contributed by atoms with Crippen molar-refractivity contribution in [3.8, 4) is 11.5 Å². The van der Waals surface area contributed by atoms with Crippen molar-refractivity contribution in [2.24, 2.45) is 0 Å². The predicted octanol–water partition coefficient (Wildman–Crippen LogP) is 5.12. The topological polar surface area (TPSA) is 73.9 Å². The molecule has 166 valence electrons. The van der Waals surface area contributed by atoms with Crippen LogP contribution in [0.15, 0.2) is 54.6 Å². The number of aryl methyl sites for hydroxylation is 1. The van der Waals surface area contributed by atoms with E-state index >= 15 is 0 Å². The van der Waals surface area contributed by atoms with Gasteiger partial charge in [0.1, 0.15) is 29.7 Å². The van der Waals surface area contributed by atoms with Crippen molar-refractivity contribution in [3.63, 3.8) is 0 Å². The van der Waals surface area contributed by atoms with Gasteiger partial charge in [-0.2, -0.15) is 0 Å². The van der Waals surface area contributed by atoms with Crippen molar-refractivity contribution in [1.82, 2.24) is 0 Å². The molecule has 32 heavy (non-hydrogen) atoms. The number of amides is 1. The molecule has 0 aliphatic heterocycles. The number of hydrogen-bond donors (Lipinski definition) is 1. The second kappa shape index (κ2) is 10.3. The maximum Gasteiger partial charge on any atom is 0.341 e. The minimum absolute atomic E-state index is 0.269. The van der Waals surface area contributed by atoms with Crippen LogP contribution in [0.4, 0.5) is 5.00 Å². The molecule has 6 nitrogen and oxygen atoms in total. The molecule has 7 heteroatoms. The quantitative estimate of drug-likeness (QED) is 0.361. The zero-order valence-corrected chi connectivity index (χ0v) is 18.7. The summed E-state index contributed by atoms with van der Waals surface area (Å²) in [6.45, 7) is 2.89. The Balaban J connectivity index is 1.35. The summed E-state index contributed by atoms with van der Waals surface area (Å²) < 4.78 is 16.5. The Morgan fingerprint density at radius 3 is 2.31 bits per heavy atom. The molecule has 1 N–H and O–H groups in total. The number of benzene rings is 2. The molecular formula is C25H25NO5S. The first-order valence-electron chi connectivity index (χ1n) is 10.7. The highest BCUT2D eigenvalue weighted by Gasteiger charge is 2.28. The first-order valence-corrected chi connectivity index (χ1v) is 11.5. The normalized spacial score (nSPS) is 12.2. The Labute approximate surface area is 191 Å². The van der Waals surface area contributed by atoms with E-state index in [9.17, 15) is 9.59 Å². The van der Waals surface area contributed by atoms with Gasteiger partial charge in [-0.3, -0.25) is 4.79 Å². The highest BCUT2D eigenvalue weighted by Crippen LogP contribution is 2.39. The fourth-order valence-corrected chi connectivity index (χ4v) is 4.90. The SMILES string of the molecule is CCOC(=O)c1c(NC(=O)c2ccc(OCCOc3ccccc3)cc2)sc2c1CCC2. The van der Waals surface area contributed by atoms with Crippen molar-refractivity contribution in [2.45, 2.75) is 26.2 Å². The smallest absolute Gasteiger partial charge is 0.341 e. The summed E-state index contributed by atoms with van der Waals surface area (Å²) in [5, 5.41) is 3.47. The van der Waals surface area contributed by atoms with E-state index in [2.05, 4.69) is 5.32 Å². The van der Waals surface area contributed by atoms with Gasteiger partial charge in [-0.15, -0.1) is 11.3 Å². The van der Waals surface area contributed by atoms with Crippen LogP contribution in [0.5, 0.6) is 11.5 Å². The number of para-hydroxylation sites is 1. The molecule has 3 aromatic rings. The van der Waals surface area contributed by atoms with Crippen LogP contribution >= 0.6 is 11.3 Å². The molecule has 1 aliphatic carbocycles. The van der Waals surface area contributed by atoms with Crippen LogP contribution in [0, 0.1) is 0 Å². The minimum atomic E-state index is -0.372. The molecule has 0 unspecified atom stereocenters. The van der Waals surface area contributed by atoms with Gasteiger partial charge < -0.3 is 19.5 Å². The Morgan fingerprint density at radius 2 is 1.62 bits per heavy atom. The van der Waals surface area contributed by atoms with Gasteiger partial charge in [0.25, 0.3) is 5.91 Å². The molecule has 4 rings (SSSR count). The van der Waals surface area contributed by atoms with E-state index in [4.69, 9.17) is 14.2 Å². The van der Waals surface area contributed by atoms with Crippen LogP contribution in [0.25, 0.3) is 0 Å². The molecule has 1 aromatic heterocycles. The van der Waals surface area contributed by atoms with E-state index in [1.54, 1.807) is 31.2 Å². The summed E-state index contributed by atoms with van der Waals surface area (Å²) >= 11 is 1.47. The largest absolute Gasteiger partial charge is 0.490 e. The summed E-state index contributed by atoms with van der Waals surface area (Å²) in [7, 11) is 0. The van der Waals surface area contributed by atoms with Crippen LogP contribution in [0.3, 0.4) is 0 Å². The number of anilines is 1. The number of esters is 1. The Bertz CT molecular complexity index is 1080. The van der Waals surface area contributed by atoms with Gasteiger partial charge in [0.15, 0.2) is 0 Å². The molecule has 0 radical (unpaired) electrons. The average Bonchev–Trinajstić information content (AvgIpc) is 3.39. The second-order valence-electron chi connectivity index (χ2n) is 7.27. The molecule has 0 bridgehead atoms. The minimum Gasteiger partial charge on any atom is -0.490 e. The van der Waals surface area contributed by atoms with Crippen molar-refractivity contribution in [1.29, 1.82) is 0 Å². The lowest BCUT2D eigenvalue weighted by Crippen LogP contribution is -2.15. The van der Waals surface area contributed by atoms with Crippen molar-refractivity contribution < 1.29 is 23.8 Å². The standard InChI is InChI=1S/C25H25NO5S/c1-2-29-25(28)22-20-9-6-10-21(20)32-24(22)26-23(27)17-11-13-19(14-12-17)31-16-15-30-18-7-4-3-5-8-18/h3-5,7-8,11-14H,2,6,9-10,15-16H2,1H3,(H,26,27). The van der Waals surface area contributed by atoms with Crippen molar-refractivity contribution in [2.75, 3.05) is 25.1 Å². The monoisotopic (exact) mass is 451 g/mol. The molecule has 1 aliphatic rings. The molecule has 0 spiro atoms. The maximum absolute atomic E-state index is 12.8. The van der Waals surface area contributed by atoms with E-state index in [-0.39, 0.29) is 11.9 Å². The Kier molecular flexibility index (Phi) is 7.07. The van der Waals surface area contributed by atoms with E-state index in [1.165, 1.54) is 11.3 Å². The van der Waals surface area contributed by atoms with Gasteiger partial charge in [-0.05, 0) is 68.1 Å². The molecule has 0 saturated carbocycles. The van der Waals surface area contributed by atoms with Crippen LogP contribution in [0.2, 0.25) is 0 Å². The number of hydrogen-bond acceptors (Lipinski definition) is 6. The van der Waals surface area contributed by atoms with Crippen LogP contribution in [0.1, 0.15) is 44.5 Å². The number of ether oxygens (including phenoxy) is 3. The number of carbonyl (C=O) groups excluding carboxylic acids is 2. The van der Waals surface area contributed by atoms with Crippen LogP contribution in [-0.2, 0) is 17.6 Å². The maximum atomic E-state index is 12.8. The third-order valence-electron chi connectivity index (χ3n) is 5.11. The second-order valence-corrected chi connectivity index (χ2v) is 8.38. The summed E-state index contributed by atoms with van der Waals surface area (Å²) in [4.78, 5) is 26.4. The number of carbonyl (C=O) groups is 2. The summed E-state index contributed by atoms with van der Waals surface area (Å²) in [5.41, 5.74) is 2.02. The van der Waals surface area contributed by atoms with E-state index in [0.29, 0.717) is 41.7 Å². The predicted molar refractivity (Wildman–Crippen MR) is 124 cm³/mol. The zero-order valence-electron chi connectivity index (χ0n) is 17.9. The molecule has 1 heterocycles. The third kappa shape index (κ3) is 5.11. The highest BCUT2D eigenvalue weighted by atomic mass is 32.1. The average molecular weight is 452 g/mol. The number of rotatable bonds is 9. The van der Waals surface area contributed by atoms with E-state index in [1.807, 2.05) is 30.3 Å². The van der Waals surface area contributed by atoms with Gasteiger partial charge in [0, 0.05) is 10.4 Å². The number of nitrogens with one attached hydrogen (secondary N) is 1. The molecule has 0 fully saturated rings. The van der Waals surface area contributed by atoms with Gasteiger partial charge in [-0.25, -0.2) is 4.79 Å². The molecule has 0 atom stereocenters.